The number of rotatable bonds is 6. The molecule has 0 N–H and O–H groups in total. The molecule has 1 aliphatic rings. The van der Waals surface area contributed by atoms with Crippen molar-refractivity contribution in [2.24, 2.45) is 5.92 Å². The minimum Gasteiger partial charge on any atom is -0.384 e. The Hall–Kier alpha value is -1.56. The minimum atomic E-state index is -4.31. The number of piperidine rings is 1. The number of methoxy groups -OCH3 is 1. The van der Waals surface area contributed by atoms with E-state index < -0.39 is 11.7 Å². The zero-order valence-electron chi connectivity index (χ0n) is 13.9. The van der Waals surface area contributed by atoms with Crippen LogP contribution in [0.25, 0.3) is 0 Å². The van der Waals surface area contributed by atoms with Crippen LogP contribution in [-0.2, 0) is 22.1 Å². The second-order valence-electron chi connectivity index (χ2n) is 6.28. The zero-order valence-corrected chi connectivity index (χ0v) is 13.9. The molecule has 0 aromatic heterocycles. The maximum absolute atomic E-state index is 13.0. The van der Waals surface area contributed by atoms with Crippen LogP contribution in [0.4, 0.5) is 13.2 Å². The van der Waals surface area contributed by atoms with Gasteiger partial charge in [0.1, 0.15) is 0 Å². The molecule has 134 valence electrons. The Morgan fingerprint density at radius 1 is 1.33 bits per heavy atom. The fourth-order valence-corrected chi connectivity index (χ4v) is 3.25. The highest BCUT2D eigenvalue weighted by Gasteiger charge is 2.33. The van der Waals surface area contributed by atoms with Crippen LogP contribution < -0.4 is 0 Å². The van der Waals surface area contributed by atoms with E-state index in [2.05, 4.69) is 0 Å². The highest BCUT2D eigenvalue weighted by Crippen LogP contribution is 2.33. The van der Waals surface area contributed by atoms with Gasteiger partial charge < -0.3 is 9.64 Å². The normalized spacial score (nSPS) is 18.7. The van der Waals surface area contributed by atoms with Crippen molar-refractivity contribution in [2.75, 3.05) is 26.8 Å². The van der Waals surface area contributed by atoms with E-state index in [1.165, 1.54) is 6.07 Å². The van der Waals surface area contributed by atoms with Gasteiger partial charge in [-0.2, -0.15) is 13.2 Å². The van der Waals surface area contributed by atoms with Gasteiger partial charge in [0.25, 0.3) is 0 Å². The van der Waals surface area contributed by atoms with Gasteiger partial charge in [-0.1, -0.05) is 18.2 Å². The van der Waals surface area contributed by atoms with Gasteiger partial charge in [0, 0.05) is 20.2 Å². The van der Waals surface area contributed by atoms with E-state index >= 15 is 0 Å². The number of ether oxygens (including phenoxy) is 1. The number of hydrogen-bond donors (Lipinski definition) is 0. The average molecular weight is 343 g/mol. The largest absolute Gasteiger partial charge is 0.416 e. The first-order valence-corrected chi connectivity index (χ1v) is 8.33. The lowest BCUT2D eigenvalue weighted by molar-refractivity contribution is -0.138. The summed E-state index contributed by atoms with van der Waals surface area (Å²) in [6, 6.07) is 5.75. The number of hydrogen-bond acceptors (Lipinski definition) is 2. The Morgan fingerprint density at radius 3 is 2.79 bits per heavy atom. The lowest BCUT2D eigenvalue weighted by Crippen LogP contribution is -2.40. The summed E-state index contributed by atoms with van der Waals surface area (Å²) in [6.45, 7) is 1.77. The summed E-state index contributed by atoms with van der Waals surface area (Å²) in [5.41, 5.74) is -0.207. The molecular formula is C18H24F3NO2. The third-order valence-electron chi connectivity index (χ3n) is 4.54. The smallest absolute Gasteiger partial charge is 0.384 e. The van der Waals surface area contributed by atoms with Crippen molar-refractivity contribution in [2.45, 2.75) is 38.3 Å². The summed E-state index contributed by atoms with van der Waals surface area (Å²) < 4.78 is 44.0. The van der Waals surface area contributed by atoms with Crippen molar-refractivity contribution in [1.29, 1.82) is 0 Å². The number of aryl methyl sites for hydroxylation is 1. The van der Waals surface area contributed by atoms with E-state index in [0.29, 0.717) is 38.0 Å². The van der Waals surface area contributed by atoms with Crippen LogP contribution in [-0.4, -0.2) is 37.6 Å². The molecule has 0 bridgehead atoms. The molecule has 1 aliphatic heterocycles. The molecule has 0 spiro atoms. The first kappa shape index (κ1) is 18.8. The van der Waals surface area contributed by atoms with Gasteiger partial charge in [0.2, 0.25) is 5.91 Å². The van der Waals surface area contributed by atoms with Crippen LogP contribution >= 0.6 is 0 Å². The summed E-state index contributed by atoms with van der Waals surface area (Å²) in [5.74, 6) is 0.323. The molecule has 3 nitrogen and oxygen atoms in total. The SMILES string of the molecule is COCCC(=O)N1CCCC(CCc2ccccc2C(F)(F)F)C1. The van der Waals surface area contributed by atoms with Crippen LogP contribution in [0, 0.1) is 5.92 Å². The number of carbonyl (C=O) groups excluding carboxylic acids is 1. The van der Waals surface area contributed by atoms with Gasteiger partial charge in [0.05, 0.1) is 18.6 Å². The molecule has 1 atom stereocenters. The molecule has 1 aromatic rings. The van der Waals surface area contributed by atoms with E-state index in [1.54, 1.807) is 19.2 Å². The van der Waals surface area contributed by atoms with E-state index in [4.69, 9.17) is 4.74 Å². The van der Waals surface area contributed by atoms with E-state index in [-0.39, 0.29) is 11.8 Å². The predicted molar refractivity (Wildman–Crippen MR) is 85.6 cm³/mol. The molecule has 1 fully saturated rings. The van der Waals surface area contributed by atoms with Gasteiger partial charge in [-0.05, 0) is 43.2 Å². The summed E-state index contributed by atoms with van der Waals surface area (Å²) in [7, 11) is 1.56. The highest BCUT2D eigenvalue weighted by atomic mass is 19.4. The van der Waals surface area contributed by atoms with E-state index in [0.717, 1.165) is 25.5 Å². The lowest BCUT2D eigenvalue weighted by atomic mass is 9.90. The summed E-state index contributed by atoms with van der Waals surface area (Å²) in [4.78, 5) is 13.9. The number of likely N-dealkylation sites (tertiary alicyclic amines) is 1. The molecule has 24 heavy (non-hydrogen) atoms. The minimum absolute atomic E-state index is 0.0669. The summed E-state index contributed by atoms with van der Waals surface area (Å²) >= 11 is 0. The van der Waals surface area contributed by atoms with Crippen molar-refractivity contribution >= 4 is 5.91 Å². The Kier molecular flexibility index (Phi) is 6.66. The van der Waals surface area contributed by atoms with Gasteiger partial charge >= 0.3 is 6.18 Å². The van der Waals surface area contributed by atoms with Crippen molar-refractivity contribution < 1.29 is 22.7 Å². The topological polar surface area (TPSA) is 29.5 Å². The van der Waals surface area contributed by atoms with Crippen LogP contribution in [0.15, 0.2) is 24.3 Å². The molecule has 1 unspecified atom stereocenters. The Balaban J connectivity index is 1.92. The van der Waals surface area contributed by atoms with Crippen LogP contribution in [0.1, 0.15) is 36.8 Å². The average Bonchev–Trinajstić information content (AvgIpc) is 2.57. The van der Waals surface area contributed by atoms with Crippen LogP contribution in [0.5, 0.6) is 0 Å². The molecule has 0 radical (unpaired) electrons. The van der Waals surface area contributed by atoms with Gasteiger partial charge in [0.15, 0.2) is 0 Å². The quantitative estimate of drug-likeness (QED) is 0.784. The molecule has 1 saturated heterocycles. The highest BCUT2D eigenvalue weighted by molar-refractivity contribution is 5.76. The van der Waals surface area contributed by atoms with Gasteiger partial charge in [-0.3, -0.25) is 4.79 Å². The third-order valence-corrected chi connectivity index (χ3v) is 4.54. The van der Waals surface area contributed by atoms with Gasteiger partial charge in [-0.15, -0.1) is 0 Å². The summed E-state index contributed by atoms with van der Waals surface area (Å²) in [6.07, 6.45) is -1.03. The number of alkyl halides is 3. The standard InChI is InChI=1S/C18H24F3NO2/c1-24-12-10-17(23)22-11-4-5-14(13-22)8-9-15-6-2-3-7-16(15)18(19,20)21/h2-3,6-7,14H,4-5,8-13H2,1H3. The molecule has 2 rings (SSSR count). The number of benzene rings is 1. The zero-order chi connectivity index (χ0) is 17.6. The molecule has 1 heterocycles. The molecule has 0 aliphatic carbocycles. The first-order valence-electron chi connectivity index (χ1n) is 8.33. The van der Waals surface area contributed by atoms with Crippen LogP contribution in [0.2, 0.25) is 0 Å². The molecular weight excluding hydrogens is 319 g/mol. The predicted octanol–water partition coefficient (Wildman–Crippen LogP) is 3.91. The molecule has 6 heteroatoms. The van der Waals surface area contributed by atoms with E-state index in [1.807, 2.05) is 4.90 Å². The Bertz CT molecular complexity index is 545. The third kappa shape index (κ3) is 5.23. The van der Waals surface area contributed by atoms with Crippen molar-refractivity contribution in [3.05, 3.63) is 35.4 Å². The maximum Gasteiger partial charge on any atom is 0.416 e. The second kappa shape index (κ2) is 8.51. The number of nitrogens with zero attached hydrogens (tertiary/aromatic N) is 1. The van der Waals surface area contributed by atoms with E-state index in [9.17, 15) is 18.0 Å². The summed E-state index contributed by atoms with van der Waals surface area (Å²) in [5, 5.41) is 0. The second-order valence-corrected chi connectivity index (χ2v) is 6.28. The van der Waals surface area contributed by atoms with Crippen LogP contribution in [0.3, 0.4) is 0 Å². The van der Waals surface area contributed by atoms with Crippen molar-refractivity contribution in [3.8, 4) is 0 Å². The molecule has 1 aromatic carbocycles. The Labute approximate surface area is 140 Å². The first-order chi connectivity index (χ1) is 11.4. The maximum atomic E-state index is 13.0. The van der Waals surface area contributed by atoms with Gasteiger partial charge in [-0.25, -0.2) is 0 Å². The monoisotopic (exact) mass is 343 g/mol. The fraction of sp³-hybridized carbons (Fsp3) is 0.611. The Morgan fingerprint density at radius 2 is 2.08 bits per heavy atom. The van der Waals surface area contributed by atoms with Crippen molar-refractivity contribution in [3.63, 3.8) is 0 Å². The lowest BCUT2D eigenvalue weighted by Gasteiger charge is -2.33. The molecule has 0 saturated carbocycles. The number of halogens is 3. The number of amides is 1. The fourth-order valence-electron chi connectivity index (χ4n) is 3.25. The molecule has 1 amide bonds. The van der Waals surface area contributed by atoms with Crippen molar-refractivity contribution in [1.82, 2.24) is 4.90 Å². The number of carbonyl (C=O) groups is 1.